The van der Waals surface area contributed by atoms with E-state index in [4.69, 9.17) is 34.8 Å². The minimum atomic E-state index is 0.000000000000000444. The summed E-state index contributed by atoms with van der Waals surface area (Å²) in [5.41, 5.74) is 0.429. The fraction of sp³-hybridized carbons (Fsp3) is 0.750. The van der Waals surface area contributed by atoms with Gasteiger partial charge in [0.1, 0.15) is 0 Å². The first kappa shape index (κ1) is 16.9. The van der Waals surface area contributed by atoms with E-state index in [0.717, 1.165) is 5.92 Å². The Morgan fingerprint density at radius 1 is 1.05 bits per heavy atom. The molecular weight excluding hydrogens is 307 g/mol. The van der Waals surface area contributed by atoms with Crippen LogP contribution in [0, 0.1) is 5.92 Å². The number of piperidine rings is 1. The first-order chi connectivity index (χ1) is 8.73. The van der Waals surface area contributed by atoms with E-state index in [1.54, 1.807) is 0 Å². The van der Waals surface area contributed by atoms with E-state index < -0.39 is 0 Å². The van der Waals surface area contributed by atoms with Gasteiger partial charge in [-0.25, -0.2) is 0 Å². The lowest BCUT2D eigenvalue weighted by atomic mass is 9.81. The molecule has 19 heavy (non-hydrogen) atoms. The van der Waals surface area contributed by atoms with Crippen LogP contribution in [0.3, 0.4) is 0 Å². The number of rotatable bonds is 0. The topological polar surface area (TPSA) is 41.9 Å². The zero-order valence-corrected chi connectivity index (χ0v) is 13.9. The highest BCUT2D eigenvalue weighted by molar-refractivity contribution is 6.33. The number of halogens is 3. The van der Waals surface area contributed by atoms with Gasteiger partial charge in [0, 0.05) is 5.54 Å². The van der Waals surface area contributed by atoms with Crippen LogP contribution in [-0.2, 0) is 0 Å². The number of nitrogens with zero attached hydrogens (tertiary/aromatic N) is 4. The summed E-state index contributed by atoms with van der Waals surface area (Å²) in [6.45, 7) is 8.32. The van der Waals surface area contributed by atoms with Crippen LogP contribution >= 0.6 is 34.8 Å². The summed E-state index contributed by atoms with van der Waals surface area (Å²) in [4.78, 5) is 12.8. The molecule has 1 fully saturated rings. The summed E-state index contributed by atoms with van der Waals surface area (Å²) in [6.07, 6.45) is 2.78. The van der Waals surface area contributed by atoms with Crippen molar-refractivity contribution in [3.63, 3.8) is 0 Å². The Kier molecular flexibility index (Phi) is 6.24. The summed E-state index contributed by atoms with van der Waals surface area (Å²) in [5.74, 6) is 0.853. The zero-order chi connectivity index (χ0) is 14.6. The van der Waals surface area contributed by atoms with Crippen LogP contribution in [0.2, 0.25) is 15.9 Å². The lowest BCUT2D eigenvalue weighted by molar-refractivity contribution is 0.0547. The van der Waals surface area contributed by atoms with E-state index >= 15 is 0 Å². The molecule has 1 atom stereocenters. The summed E-state index contributed by atoms with van der Waals surface area (Å²) in [5, 5.41) is 0.00000000000000178. The molecule has 0 amide bonds. The van der Waals surface area contributed by atoms with Crippen molar-refractivity contribution in [2.75, 3.05) is 13.6 Å². The van der Waals surface area contributed by atoms with Gasteiger partial charge in [0.15, 0.2) is 0 Å². The monoisotopic (exact) mass is 324 g/mol. The van der Waals surface area contributed by atoms with Crippen molar-refractivity contribution < 1.29 is 0 Å². The van der Waals surface area contributed by atoms with Crippen molar-refractivity contribution in [1.82, 2.24) is 19.9 Å². The Labute approximate surface area is 129 Å². The van der Waals surface area contributed by atoms with Gasteiger partial charge in [0.2, 0.25) is 15.9 Å². The van der Waals surface area contributed by atoms with Crippen molar-refractivity contribution in [3.05, 3.63) is 15.9 Å². The van der Waals surface area contributed by atoms with Crippen molar-refractivity contribution >= 4 is 34.8 Å². The molecule has 1 aliphatic rings. The van der Waals surface area contributed by atoms with Gasteiger partial charge in [-0.2, -0.15) is 15.0 Å². The lowest BCUT2D eigenvalue weighted by Crippen LogP contribution is -2.49. The first-order valence-electron chi connectivity index (χ1n) is 6.17. The number of hydrogen-bond acceptors (Lipinski definition) is 4. The largest absolute Gasteiger partial charge is 0.301 e. The third-order valence-electron chi connectivity index (χ3n) is 3.87. The van der Waals surface area contributed by atoms with E-state index in [1.807, 2.05) is 0 Å². The average Bonchev–Trinajstić information content (AvgIpc) is 2.25. The second-order valence-electron chi connectivity index (χ2n) is 5.26. The van der Waals surface area contributed by atoms with E-state index in [-0.39, 0.29) is 15.9 Å². The van der Waals surface area contributed by atoms with Crippen LogP contribution in [-0.4, -0.2) is 39.0 Å². The SMILES string of the molecule is CC1CCCN(C)C1(C)C.Clc1nc(Cl)nc(Cl)n1. The quantitative estimate of drug-likeness (QED) is 0.724. The Hall–Kier alpha value is -0.160. The third-order valence-corrected chi connectivity index (χ3v) is 4.38. The molecule has 0 aromatic carbocycles. The van der Waals surface area contributed by atoms with Crippen molar-refractivity contribution in [3.8, 4) is 0 Å². The van der Waals surface area contributed by atoms with Crippen LogP contribution < -0.4 is 0 Å². The van der Waals surface area contributed by atoms with Gasteiger partial charge in [0.25, 0.3) is 0 Å². The van der Waals surface area contributed by atoms with E-state index in [0.29, 0.717) is 5.54 Å². The van der Waals surface area contributed by atoms with Crippen molar-refractivity contribution in [2.45, 2.75) is 39.2 Å². The predicted molar refractivity (Wildman–Crippen MR) is 80.0 cm³/mol. The molecule has 0 spiro atoms. The highest BCUT2D eigenvalue weighted by atomic mass is 35.5. The van der Waals surface area contributed by atoms with Gasteiger partial charge < -0.3 is 4.90 Å². The number of likely N-dealkylation sites (tertiary alicyclic amines) is 1. The standard InChI is InChI=1S/C9H19N.C3Cl3N3/c1-8-6-5-7-10(4)9(8,2)3;4-1-7-2(5)9-3(6)8-1/h8H,5-7H2,1-4H3;. The molecule has 0 saturated carbocycles. The minimum absolute atomic E-state index is 0.000000000000000444. The Bertz CT molecular complexity index is 363. The molecule has 0 radical (unpaired) electrons. The lowest BCUT2D eigenvalue weighted by Gasteiger charge is -2.44. The number of aromatic nitrogens is 3. The summed E-state index contributed by atoms with van der Waals surface area (Å²) >= 11 is 16.0. The van der Waals surface area contributed by atoms with Crippen molar-refractivity contribution in [1.29, 1.82) is 0 Å². The Morgan fingerprint density at radius 2 is 1.47 bits per heavy atom. The van der Waals surface area contributed by atoms with E-state index in [9.17, 15) is 0 Å². The molecule has 1 aliphatic heterocycles. The average molecular weight is 326 g/mol. The molecule has 0 aliphatic carbocycles. The van der Waals surface area contributed by atoms with E-state index in [1.165, 1.54) is 19.4 Å². The van der Waals surface area contributed by atoms with Gasteiger partial charge in [-0.1, -0.05) is 6.92 Å². The summed E-state index contributed by atoms with van der Waals surface area (Å²) in [7, 11) is 2.23. The third kappa shape index (κ3) is 5.03. The van der Waals surface area contributed by atoms with Gasteiger partial charge in [0.05, 0.1) is 0 Å². The van der Waals surface area contributed by atoms with Crippen LogP contribution in [0.1, 0.15) is 33.6 Å². The zero-order valence-electron chi connectivity index (χ0n) is 11.6. The maximum absolute atomic E-state index is 5.32. The van der Waals surface area contributed by atoms with Gasteiger partial charge in [-0.15, -0.1) is 0 Å². The molecule has 0 bridgehead atoms. The maximum atomic E-state index is 5.32. The van der Waals surface area contributed by atoms with Gasteiger partial charge in [-0.3, -0.25) is 0 Å². The van der Waals surface area contributed by atoms with Gasteiger partial charge in [-0.05, 0) is 81.0 Å². The molecule has 1 aromatic heterocycles. The molecule has 1 unspecified atom stereocenters. The number of hydrogen-bond donors (Lipinski definition) is 0. The summed E-state index contributed by atoms with van der Waals surface area (Å²) in [6, 6.07) is 0. The Balaban J connectivity index is 0.000000191. The fourth-order valence-electron chi connectivity index (χ4n) is 1.96. The summed E-state index contributed by atoms with van der Waals surface area (Å²) < 4.78 is 0. The normalized spacial score (nSPS) is 22.6. The van der Waals surface area contributed by atoms with Crippen LogP contribution in [0.4, 0.5) is 0 Å². The Morgan fingerprint density at radius 3 is 1.79 bits per heavy atom. The minimum Gasteiger partial charge on any atom is -0.301 e. The molecular formula is C12H19Cl3N4. The molecule has 2 heterocycles. The fourth-order valence-corrected chi connectivity index (χ4v) is 2.57. The smallest absolute Gasteiger partial charge is 0.227 e. The molecule has 7 heteroatoms. The first-order valence-corrected chi connectivity index (χ1v) is 7.30. The van der Waals surface area contributed by atoms with Crippen molar-refractivity contribution in [2.24, 2.45) is 5.92 Å². The predicted octanol–water partition coefficient (Wildman–Crippen LogP) is 3.96. The van der Waals surface area contributed by atoms with Gasteiger partial charge >= 0.3 is 0 Å². The van der Waals surface area contributed by atoms with Crippen LogP contribution in [0.25, 0.3) is 0 Å². The van der Waals surface area contributed by atoms with E-state index in [2.05, 4.69) is 47.7 Å². The molecule has 4 nitrogen and oxygen atoms in total. The maximum Gasteiger partial charge on any atom is 0.227 e. The second-order valence-corrected chi connectivity index (χ2v) is 6.28. The highest BCUT2D eigenvalue weighted by Crippen LogP contribution is 2.31. The second kappa shape index (κ2) is 7.02. The van der Waals surface area contributed by atoms with Crippen LogP contribution in [0.15, 0.2) is 0 Å². The molecule has 2 rings (SSSR count). The highest BCUT2D eigenvalue weighted by Gasteiger charge is 2.32. The molecule has 1 aromatic rings. The molecule has 0 N–H and O–H groups in total. The molecule has 108 valence electrons. The molecule has 1 saturated heterocycles. The van der Waals surface area contributed by atoms with Crippen LogP contribution in [0.5, 0.6) is 0 Å².